The van der Waals surface area contributed by atoms with Crippen molar-refractivity contribution in [3.05, 3.63) is 38.5 Å². The van der Waals surface area contributed by atoms with Crippen LogP contribution in [0.3, 0.4) is 0 Å². The van der Waals surface area contributed by atoms with E-state index in [0.29, 0.717) is 13.2 Å². The molecule has 0 saturated heterocycles. The molecule has 0 amide bonds. The Morgan fingerprint density at radius 3 is 1.11 bits per heavy atom. The summed E-state index contributed by atoms with van der Waals surface area (Å²) < 4.78 is 8.95. The van der Waals surface area contributed by atoms with Gasteiger partial charge in [0.25, 0.3) is 0 Å². The molecule has 0 heterocycles. The summed E-state index contributed by atoms with van der Waals surface area (Å²) in [5.74, 6) is -1.07. The number of esters is 2. The molecule has 27 heavy (non-hydrogen) atoms. The van der Waals surface area contributed by atoms with Gasteiger partial charge < -0.3 is 44.1 Å². The predicted octanol–water partition coefficient (Wildman–Crippen LogP) is 2.59. The third-order valence-electron chi connectivity index (χ3n) is 1.23. The van der Waals surface area contributed by atoms with E-state index in [4.69, 9.17) is 19.8 Å². The van der Waals surface area contributed by atoms with Gasteiger partial charge in [0.05, 0.1) is 36.9 Å². The fourth-order valence-electron chi connectivity index (χ4n) is 0.709. The molecule has 0 aromatic carbocycles. The van der Waals surface area contributed by atoms with Gasteiger partial charge in [-0.1, -0.05) is 0 Å². The summed E-state index contributed by atoms with van der Waals surface area (Å²) in [6.45, 7) is 9.79. The Bertz CT molecular complexity index is 362. The van der Waals surface area contributed by atoms with Crippen LogP contribution in [0.15, 0.2) is 23.7 Å². The van der Waals surface area contributed by atoms with Crippen LogP contribution in [0.4, 0.5) is 0 Å². The molecule has 4 N–H and O–H groups in total. The van der Waals surface area contributed by atoms with E-state index in [0.717, 1.165) is 12.2 Å². The van der Waals surface area contributed by atoms with Gasteiger partial charge in [-0.3, -0.25) is 0 Å². The van der Waals surface area contributed by atoms with Gasteiger partial charge in [-0.25, -0.2) is 9.59 Å². The first-order valence-electron chi connectivity index (χ1n) is 6.86. The molecule has 0 aliphatic heterocycles. The van der Waals surface area contributed by atoms with Crippen LogP contribution in [-0.2, 0) is 62.5 Å². The number of ether oxygens (including phenoxy) is 2. The Kier molecular flexibility index (Phi) is 46.7. The first-order valence-corrected chi connectivity index (χ1v) is 9.75. The van der Waals surface area contributed by atoms with Gasteiger partial charge in [-0.15, -0.1) is 0 Å². The van der Waals surface area contributed by atoms with Gasteiger partial charge >= 0.3 is 20.5 Å². The third-order valence-corrected chi connectivity index (χ3v) is 1.23. The van der Waals surface area contributed by atoms with Crippen molar-refractivity contribution in [2.24, 2.45) is 0 Å². The fourth-order valence-corrected chi connectivity index (χ4v) is 0.709. The molecule has 0 aliphatic carbocycles. The molecule has 160 valence electrons. The summed E-state index contributed by atoms with van der Waals surface area (Å²) in [4.78, 5) is 37.2. The summed E-state index contributed by atoms with van der Waals surface area (Å²) in [6.07, 6.45) is 2.06. The van der Waals surface area contributed by atoms with E-state index in [1.54, 1.807) is 13.8 Å². The third kappa shape index (κ3) is 77.1. The predicted molar refractivity (Wildman–Crippen MR) is 101 cm³/mol. The first kappa shape index (κ1) is 45.4. The maximum Gasteiger partial charge on any atom is 0.334 e. The van der Waals surface area contributed by atoms with Crippen molar-refractivity contribution in [2.45, 2.75) is 40.8 Å². The van der Waals surface area contributed by atoms with E-state index in [1.807, 2.05) is 0 Å². The van der Waals surface area contributed by atoms with Crippen molar-refractivity contribution >= 4 is 20.5 Å². The SMILES string of the molecule is CCOC(=O)/C=C(/C)O.CCOC(=O)/C=C(/C)O.C[Si](C)(O)O.[CH3-].[CH3-].[Ti].[Ti]. The van der Waals surface area contributed by atoms with E-state index in [1.165, 1.54) is 26.9 Å². The van der Waals surface area contributed by atoms with Gasteiger partial charge in [0.2, 0.25) is 0 Å². The number of carbonyl (C=O) groups excluding carboxylic acids is 2. The molecule has 0 rings (SSSR count). The number of aliphatic hydroxyl groups excluding tert-OH is 2. The standard InChI is InChI=1S/2C6H10O3.C2H8O2Si.2CH3.2Ti/c2*1-3-9-6(8)4-5(2)7;1-5(2,3)4;;;;/h2*4,7H,3H2,1-2H3;3-4H,1-2H3;2*1H3;;/q;;;2*-1;;/b2*5-4-;;;;;. The van der Waals surface area contributed by atoms with Gasteiger partial charge in [-0.05, 0) is 40.8 Å². The van der Waals surface area contributed by atoms with Crippen LogP contribution in [0, 0.1) is 14.9 Å². The van der Waals surface area contributed by atoms with Gasteiger partial charge in [-0.2, -0.15) is 0 Å². The van der Waals surface area contributed by atoms with Crippen molar-refractivity contribution in [3.63, 3.8) is 0 Å². The molecule has 0 aromatic rings. The topological polar surface area (TPSA) is 134 Å². The molecule has 0 aliphatic rings. The van der Waals surface area contributed by atoms with Crippen molar-refractivity contribution in [1.82, 2.24) is 0 Å². The van der Waals surface area contributed by atoms with Crippen LogP contribution in [0.5, 0.6) is 0 Å². The van der Waals surface area contributed by atoms with Crippen molar-refractivity contribution < 1.29 is 82.3 Å². The molecular formula is C16H34O8SiTi2-2. The smallest absolute Gasteiger partial charge is 0.334 e. The normalized spacial score (nSPS) is 9.63. The average molecular weight is 478 g/mol. The number of rotatable bonds is 4. The van der Waals surface area contributed by atoms with Crippen molar-refractivity contribution in [3.8, 4) is 0 Å². The Morgan fingerprint density at radius 2 is 1.00 bits per heavy atom. The molecule has 11 heteroatoms. The Morgan fingerprint density at radius 1 is 0.815 bits per heavy atom. The van der Waals surface area contributed by atoms with Gasteiger partial charge in [0.15, 0.2) is 0 Å². The zero-order chi connectivity index (χ0) is 19.1. The number of carbonyl (C=O) groups is 2. The second kappa shape index (κ2) is 27.8. The van der Waals surface area contributed by atoms with E-state index in [-0.39, 0.29) is 69.8 Å². The Balaban J connectivity index is -0.0000000428. The van der Waals surface area contributed by atoms with Gasteiger partial charge in [0, 0.05) is 43.4 Å². The molecule has 0 bridgehead atoms. The summed E-state index contributed by atoms with van der Waals surface area (Å²) in [7, 11) is -2.61. The van der Waals surface area contributed by atoms with Crippen LogP contribution < -0.4 is 0 Å². The minimum Gasteiger partial charge on any atom is -0.512 e. The monoisotopic (exact) mass is 478 g/mol. The van der Waals surface area contributed by atoms with E-state index < -0.39 is 20.5 Å². The Labute approximate surface area is 194 Å². The summed E-state index contributed by atoms with van der Waals surface area (Å²) >= 11 is 0. The molecule has 0 radical (unpaired) electrons. The fraction of sp³-hybridized carbons (Fsp3) is 0.500. The zero-order valence-electron chi connectivity index (χ0n) is 17.5. The average Bonchev–Trinajstić information content (AvgIpc) is 2.25. The zero-order valence-corrected chi connectivity index (χ0v) is 21.6. The number of aliphatic hydroxyl groups is 2. The van der Waals surface area contributed by atoms with E-state index >= 15 is 0 Å². The molecule has 0 unspecified atom stereocenters. The van der Waals surface area contributed by atoms with Gasteiger partial charge in [0.1, 0.15) is 0 Å². The number of hydrogen-bond donors (Lipinski definition) is 4. The van der Waals surface area contributed by atoms with Crippen molar-refractivity contribution in [2.75, 3.05) is 13.2 Å². The van der Waals surface area contributed by atoms with Crippen molar-refractivity contribution in [1.29, 1.82) is 0 Å². The molecule has 0 atom stereocenters. The van der Waals surface area contributed by atoms with Crippen LogP contribution in [0.25, 0.3) is 0 Å². The Hall–Kier alpha value is -0.415. The summed E-state index contributed by atoms with van der Waals surface area (Å²) in [5, 5.41) is 17.0. The maximum absolute atomic E-state index is 10.4. The number of hydrogen-bond acceptors (Lipinski definition) is 8. The van der Waals surface area contributed by atoms with Crippen LogP contribution >= 0.6 is 0 Å². The maximum atomic E-state index is 10.4. The second-order valence-corrected chi connectivity index (χ2v) is 7.56. The quantitative estimate of drug-likeness (QED) is 0.159. The van der Waals surface area contributed by atoms with E-state index in [2.05, 4.69) is 9.47 Å². The molecule has 0 saturated carbocycles. The molecule has 0 spiro atoms. The van der Waals surface area contributed by atoms with Crippen LogP contribution in [-0.4, -0.2) is 53.5 Å². The minimum absolute atomic E-state index is 0. The number of allylic oxidation sites excluding steroid dienone is 2. The van der Waals surface area contributed by atoms with E-state index in [9.17, 15) is 9.59 Å². The van der Waals surface area contributed by atoms with Crippen LogP contribution in [0.1, 0.15) is 27.7 Å². The molecule has 8 nitrogen and oxygen atoms in total. The molecular weight excluding hydrogens is 444 g/mol. The second-order valence-electron chi connectivity index (χ2n) is 4.57. The first-order chi connectivity index (χ1) is 10.3. The summed E-state index contributed by atoms with van der Waals surface area (Å²) in [6, 6.07) is 0. The molecule has 0 fully saturated rings. The largest absolute Gasteiger partial charge is 0.512 e. The van der Waals surface area contributed by atoms with Crippen LogP contribution in [0.2, 0.25) is 13.1 Å². The minimum atomic E-state index is -2.61. The molecule has 0 aromatic heterocycles. The summed E-state index contributed by atoms with van der Waals surface area (Å²) in [5.41, 5.74) is 0.